The average Bonchev–Trinajstić information content (AvgIpc) is 2.37. The van der Waals surface area contributed by atoms with Gasteiger partial charge >= 0.3 is 0 Å². The van der Waals surface area contributed by atoms with E-state index in [0.29, 0.717) is 12.5 Å². The normalized spacial score (nSPS) is 22.9. The van der Waals surface area contributed by atoms with Gasteiger partial charge in [0.25, 0.3) is 0 Å². The Morgan fingerprint density at radius 2 is 2.10 bits per heavy atom. The number of likely N-dealkylation sites (N-methyl/N-ethyl adjacent to an activating group) is 2. The Hall–Kier alpha value is -0.610. The van der Waals surface area contributed by atoms with Gasteiger partial charge in [0.2, 0.25) is 0 Å². The Morgan fingerprint density at radius 1 is 1.35 bits per heavy atom. The van der Waals surface area contributed by atoms with Gasteiger partial charge in [-0.1, -0.05) is 23.7 Å². The molecule has 1 aromatic rings. The maximum absolute atomic E-state index is 10.3. The van der Waals surface area contributed by atoms with E-state index in [4.69, 9.17) is 11.6 Å². The summed E-state index contributed by atoms with van der Waals surface area (Å²) in [5, 5.41) is 11.1. The Labute approximate surface area is 127 Å². The lowest BCUT2D eigenvalue weighted by Crippen LogP contribution is -2.51. The summed E-state index contributed by atoms with van der Waals surface area (Å²) >= 11 is 6.24. The first-order chi connectivity index (χ1) is 9.45. The molecule has 1 fully saturated rings. The first-order valence-corrected chi connectivity index (χ1v) is 7.65. The Bertz CT molecular complexity index is 452. The maximum atomic E-state index is 10.3. The zero-order chi connectivity index (χ0) is 14.7. The van der Waals surface area contributed by atoms with Gasteiger partial charge in [-0.3, -0.25) is 0 Å². The van der Waals surface area contributed by atoms with Crippen LogP contribution in [0.4, 0.5) is 0 Å². The molecule has 0 aliphatic carbocycles. The van der Waals surface area contributed by atoms with E-state index in [-0.39, 0.29) is 6.10 Å². The highest BCUT2D eigenvalue weighted by Gasteiger charge is 2.24. The molecule has 1 aliphatic heterocycles. The van der Waals surface area contributed by atoms with Crippen LogP contribution >= 0.6 is 11.6 Å². The number of hydrogen-bond donors (Lipinski definition) is 1. The molecule has 0 saturated carbocycles. The maximum Gasteiger partial charge on any atom is 0.0596 e. The monoisotopic (exact) mass is 296 g/mol. The van der Waals surface area contributed by atoms with Gasteiger partial charge in [0, 0.05) is 30.7 Å². The summed E-state index contributed by atoms with van der Waals surface area (Å²) in [5.41, 5.74) is 2.19. The first-order valence-electron chi connectivity index (χ1n) is 7.27. The SMILES string of the molecule is Cc1ccc(CC(O)CC2CN(C)CCN2C)c(Cl)c1. The second-order valence-corrected chi connectivity index (χ2v) is 6.49. The summed E-state index contributed by atoms with van der Waals surface area (Å²) in [6.45, 7) is 5.22. The molecule has 1 heterocycles. The average molecular weight is 297 g/mol. The van der Waals surface area contributed by atoms with Gasteiger partial charge in [-0.2, -0.15) is 0 Å². The number of aryl methyl sites for hydroxylation is 1. The summed E-state index contributed by atoms with van der Waals surface area (Å²) in [7, 11) is 4.28. The Kier molecular flexibility index (Phi) is 5.44. The summed E-state index contributed by atoms with van der Waals surface area (Å²) < 4.78 is 0. The predicted octanol–water partition coefficient (Wildman–Crippen LogP) is 2.19. The lowest BCUT2D eigenvalue weighted by molar-refractivity contribution is 0.0639. The summed E-state index contributed by atoms with van der Waals surface area (Å²) in [6, 6.07) is 6.46. The second-order valence-electron chi connectivity index (χ2n) is 6.09. The largest absolute Gasteiger partial charge is 0.393 e. The van der Waals surface area contributed by atoms with E-state index in [1.807, 2.05) is 19.1 Å². The molecule has 1 aromatic carbocycles. The van der Waals surface area contributed by atoms with Crippen molar-refractivity contribution in [2.75, 3.05) is 33.7 Å². The number of hydrogen-bond acceptors (Lipinski definition) is 3. The number of aliphatic hydroxyl groups excluding tert-OH is 1. The van der Waals surface area contributed by atoms with Gasteiger partial charge in [0.1, 0.15) is 0 Å². The molecule has 0 aromatic heterocycles. The number of piperazine rings is 1. The molecule has 1 N–H and O–H groups in total. The van der Waals surface area contributed by atoms with Crippen LogP contribution in [0.1, 0.15) is 17.5 Å². The van der Waals surface area contributed by atoms with E-state index in [1.165, 1.54) is 0 Å². The Morgan fingerprint density at radius 3 is 2.80 bits per heavy atom. The van der Waals surface area contributed by atoms with Crippen molar-refractivity contribution in [3.8, 4) is 0 Å². The van der Waals surface area contributed by atoms with Crippen LogP contribution in [-0.2, 0) is 6.42 Å². The molecular formula is C16H25ClN2O. The van der Waals surface area contributed by atoms with E-state index in [9.17, 15) is 5.11 Å². The van der Waals surface area contributed by atoms with Crippen molar-refractivity contribution in [2.24, 2.45) is 0 Å². The van der Waals surface area contributed by atoms with Crippen LogP contribution in [0.5, 0.6) is 0 Å². The summed E-state index contributed by atoms with van der Waals surface area (Å²) in [6.07, 6.45) is 1.09. The van der Waals surface area contributed by atoms with Crippen LogP contribution in [-0.4, -0.2) is 60.8 Å². The number of rotatable bonds is 4. The predicted molar refractivity (Wildman–Crippen MR) is 84.4 cm³/mol. The highest BCUT2D eigenvalue weighted by molar-refractivity contribution is 6.31. The van der Waals surface area contributed by atoms with Crippen molar-refractivity contribution in [2.45, 2.75) is 31.9 Å². The fraction of sp³-hybridized carbons (Fsp3) is 0.625. The number of benzene rings is 1. The number of halogens is 1. The smallest absolute Gasteiger partial charge is 0.0596 e. The molecule has 4 heteroatoms. The molecule has 0 bridgehead atoms. The van der Waals surface area contributed by atoms with Gasteiger partial charge < -0.3 is 14.9 Å². The van der Waals surface area contributed by atoms with Crippen molar-refractivity contribution < 1.29 is 5.11 Å². The molecule has 1 aliphatic rings. The van der Waals surface area contributed by atoms with Crippen molar-refractivity contribution >= 4 is 11.6 Å². The van der Waals surface area contributed by atoms with Crippen LogP contribution < -0.4 is 0 Å². The van der Waals surface area contributed by atoms with E-state index < -0.39 is 0 Å². The molecule has 0 radical (unpaired) electrons. The minimum Gasteiger partial charge on any atom is -0.393 e. The zero-order valence-corrected chi connectivity index (χ0v) is 13.4. The van der Waals surface area contributed by atoms with Gasteiger partial charge in [-0.15, -0.1) is 0 Å². The molecule has 2 unspecified atom stereocenters. The summed E-state index contributed by atoms with van der Waals surface area (Å²) in [5.74, 6) is 0. The highest BCUT2D eigenvalue weighted by Crippen LogP contribution is 2.21. The second kappa shape index (κ2) is 6.90. The van der Waals surface area contributed by atoms with Gasteiger partial charge in [0.15, 0.2) is 0 Å². The topological polar surface area (TPSA) is 26.7 Å². The first kappa shape index (κ1) is 15.8. The van der Waals surface area contributed by atoms with Gasteiger partial charge in [0.05, 0.1) is 6.10 Å². The molecule has 1 saturated heterocycles. The quantitative estimate of drug-likeness (QED) is 0.923. The molecule has 0 spiro atoms. The van der Waals surface area contributed by atoms with E-state index in [1.54, 1.807) is 0 Å². The molecule has 2 atom stereocenters. The molecule has 112 valence electrons. The van der Waals surface area contributed by atoms with E-state index in [0.717, 1.165) is 42.2 Å². The molecule has 0 amide bonds. The van der Waals surface area contributed by atoms with Gasteiger partial charge in [-0.05, 0) is 51.1 Å². The van der Waals surface area contributed by atoms with Gasteiger partial charge in [-0.25, -0.2) is 0 Å². The molecule has 20 heavy (non-hydrogen) atoms. The minimum atomic E-state index is -0.339. The van der Waals surface area contributed by atoms with Crippen molar-refractivity contribution in [1.29, 1.82) is 0 Å². The molecular weight excluding hydrogens is 272 g/mol. The zero-order valence-electron chi connectivity index (χ0n) is 12.6. The highest BCUT2D eigenvalue weighted by atomic mass is 35.5. The van der Waals surface area contributed by atoms with E-state index in [2.05, 4.69) is 30.0 Å². The van der Waals surface area contributed by atoms with Crippen molar-refractivity contribution in [1.82, 2.24) is 9.80 Å². The lowest BCUT2D eigenvalue weighted by Gasteiger charge is -2.38. The Balaban J connectivity index is 1.93. The third kappa shape index (κ3) is 4.19. The van der Waals surface area contributed by atoms with Crippen molar-refractivity contribution in [3.05, 3.63) is 34.3 Å². The number of aliphatic hydroxyl groups is 1. The number of nitrogens with zero attached hydrogens (tertiary/aromatic N) is 2. The van der Waals surface area contributed by atoms with E-state index >= 15 is 0 Å². The lowest BCUT2D eigenvalue weighted by atomic mass is 9.99. The fourth-order valence-electron chi connectivity index (χ4n) is 2.83. The van der Waals surface area contributed by atoms with Crippen LogP contribution in [0.3, 0.4) is 0 Å². The molecule has 3 nitrogen and oxygen atoms in total. The van der Waals surface area contributed by atoms with Crippen LogP contribution in [0.25, 0.3) is 0 Å². The minimum absolute atomic E-state index is 0.339. The fourth-order valence-corrected chi connectivity index (χ4v) is 3.14. The van der Waals surface area contributed by atoms with Crippen molar-refractivity contribution in [3.63, 3.8) is 0 Å². The van der Waals surface area contributed by atoms with Crippen LogP contribution in [0.2, 0.25) is 5.02 Å². The summed E-state index contributed by atoms with van der Waals surface area (Å²) in [4.78, 5) is 4.68. The molecule has 2 rings (SSSR count). The third-order valence-corrected chi connectivity index (χ3v) is 4.54. The third-order valence-electron chi connectivity index (χ3n) is 4.19. The van der Waals surface area contributed by atoms with Crippen LogP contribution in [0.15, 0.2) is 18.2 Å². The standard InChI is InChI=1S/C16H25ClN2O/c1-12-4-5-13(16(17)8-12)9-15(20)10-14-11-18(2)6-7-19(14)3/h4-5,8,14-15,20H,6-7,9-11H2,1-3H3. The van der Waals surface area contributed by atoms with Crippen LogP contribution in [0, 0.1) is 6.92 Å².